The second kappa shape index (κ2) is 49.2. The topological polar surface area (TPSA) is 111 Å². The number of nitrogens with zero attached hydrogens (tertiary/aromatic N) is 1. The molecule has 0 amide bonds. The molecule has 0 spiro atoms. The van der Waals surface area contributed by atoms with Crippen molar-refractivity contribution in [2.45, 2.75) is 270 Å². The number of phosphoric ester groups is 1. The molecule has 0 aromatic heterocycles. The Morgan fingerprint density at radius 1 is 0.463 bits per heavy atom. The fourth-order valence-electron chi connectivity index (χ4n) is 7.98. The van der Waals surface area contributed by atoms with Crippen molar-refractivity contribution in [1.82, 2.24) is 0 Å². The lowest BCUT2D eigenvalue weighted by Gasteiger charge is -2.28. The number of likely N-dealkylation sites (N-methyl/N-ethyl adjacent to an activating group) is 1. The van der Waals surface area contributed by atoms with Gasteiger partial charge in [-0.15, -0.1) is 0 Å². The lowest BCUT2D eigenvalue weighted by Crippen LogP contribution is -2.37. The zero-order valence-electron chi connectivity index (χ0n) is 44.6. The number of phosphoric acid groups is 1. The van der Waals surface area contributed by atoms with Gasteiger partial charge in [-0.25, -0.2) is 0 Å². The van der Waals surface area contributed by atoms with Crippen molar-refractivity contribution in [3.05, 3.63) is 36.5 Å². The molecule has 67 heavy (non-hydrogen) atoms. The number of allylic oxidation sites excluding steroid dienone is 6. The van der Waals surface area contributed by atoms with E-state index in [2.05, 4.69) is 50.3 Å². The van der Waals surface area contributed by atoms with E-state index in [1.54, 1.807) is 0 Å². The largest absolute Gasteiger partial charge is 0.756 e. The van der Waals surface area contributed by atoms with Crippen molar-refractivity contribution < 1.29 is 42.1 Å². The van der Waals surface area contributed by atoms with Crippen molar-refractivity contribution in [2.24, 2.45) is 0 Å². The summed E-state index contributed by atoms with van der Waals surface area (Å²) in [5.41, 5.74) is 0. The maximum atomic E-state index is 12.7. The first-order valence-corrected chi connectivity index (χ1v) is 29.7. The van der Waals surface area contributed by atoms with Gasteiger partial charge < -0.3 is 27.9 Å². The third kappa shape index (κ3) is 53.4. The zero-order chi connectivity index (χ0) is 49.2. The average Bonchev–Trinajstić information content (AvgIpc) is 3.29. The summed E-state index contributed by atoms with van der Waals surface area (Å²) >= 11 is 0. The van der Waals surface area contributed by atoms with Crippen LogP contribution in [0, 0.1) is 0 Å². The molecule has 0 heterocycles. The fourth-order valence-corrected chi connectivity index (χ4v) is 8.70. The van der Waals surface area contributed by atoms with E-state index in [9.17, 15) is 19.0 Å². The molecule has 0 fully saturated rings. The quantitative estimate of drug-likeness (QED) is 0.0195. The van der Waals surface area contributed by atoms with E-state index in [4.69, 9.17) is 18.5 Å². The van der Waals surface area contributed by atoms with Gasteiger partial charge in [0.05, 0.1) is 27.7 Å². The second-order valence-corrected chi connectivity index (χ2v) is 21.7. The highest BCUT2D eigenvalue weighted by molar-refractivity contribution is 7.45. The molecule has 0 rings (SSSR count). The van der Waals surface area contributed by atoms with Gasteiger partial charge in [0, 0.05) is 12.8 Å². The van der Waals surface area contributed by atoms with Gasteiger partial charge in [-0.05, 0) is 70.6 Å². The van der Waals surface area contributed by atoms with E-state index in [1.807, 2.05) is 21.1 Å². The highest BCUT2D eigenvalue weighted by atomic mass is 31.2. The van der Waals surface area contributed by atoms with Gasteiger partial charge in [0.25, 0.3) is 7.82 Å². The molecule has 2 unspecified atom stereocenters. The molecule has 0 saturated carbocycles. The zero-order valence-corrected chi connectivity index (χ0v) is 45.5. The number of hydrogen-bond acceptors (Lipinski definition) is 8. The lowest BCUT2D eigenvalue weighted by molar-refractivity contribution is -0.870. The van der Waals surface area contributed by atoms with Crippen molar-refractivity contribution in [2.75, 3.05) is 47.5 Å². The van der Waals surface area contributed by atoms with Crippen LogP contribution in [0.1, 0.15) is 264 Å². The standard InChI is InChI=1S/C57H108NO8P/c1-6-8-10-12-14-16-18-20-22-24-25-26-27-28-29-30-31-32-33-34-36-37-39-41-43-45-47-49-56(59)63-53-55(54-65-67(61,62)64-52-51-58(3,4)5)66-57(60)50-48-46-44-42-40-38-35-23-21-19-17-15-13-11-9-7-2/h17,19,23-25,35,55H,6-16,18,20-22,26-34,36-54H2,1-5H3/b19-17-,25-24-,35-23-. The van der Waals surface area contributed by atoms with E-state index in [0.717, 1.165) is 57.8 Å². The number of carbonyl (C=O) groups is 2. The third-order valence-electron chi connectivity index (χ3n) is 12.4. The van der Waals surface area contributed by atoms with E-state index < -0.39 is 26.5 Å². The maximum absolute atomic E-state index is 12.7. The van der Waals surface area contributed by atoms with E-state index in [0.29, 0.717) is 17.4 Å². The van der Waals surface area contributed by atoms with Gasteiger partial charge in [-0.3, -0.25) is 14.2 Å². The summed E-state index contributed by atoms with van der Waals surface area (Å²) in [4.78, 5) is 37.8. The Morgan fingerprint density at radius 2 is 0.806 bits per heavy atom. The lowest BCUT2D eigenvalue weighted by atomic mass is 10.0. The Balaban J connectivity index is 4.11. The molecule has 9 nitrogen and oxygen atoms in total. The first kappa shape index (κ1) is 65.2. The summed E-state index contributed by atoms with van der Waals surface area (Å²) in [6.45, 7) is 4.23. The van der Waals surface area contributed by atoms with Crippen LogP contribution in [0.25, 0.3) is 0 Å². The molecule has 0 aliphatic heterocycles. The minimum absolute atomic E-state index is 0.0328. The number of esters is 2. The van der Waals surface area contributed by atoms with E-state index >= 15 is 0 Å². The molecule has 0 radical (unpaired) electrons. The summed E-state index contributed by atoms with van der Waals surface area (Å²) in [5, 5.41) is 0. The van der Waals surface area contributed by atoms with Crippen molar-refractivity contribution >= 4 is 19.8 Å². The van der Waals surface area contributed by atoms with Crippen molar-refractivity contribution in [3.63, 3.8) is 0 Å². The Hall–Kier alpha value is -1.77. The number of hydrogen-bond donors (Lipinski definition) is 0. The first-order valence-electron chi connectivity index (χ1n) is 28.2. The van der Waals surface area contributed by atoms with Crippen molar-refractivity contribution in [3.8, 4) is 0 Å². The SMILES string of the molecule is CCCCCC/C=C\C/C=C\CCCCCCCC(=O)OC(COC(=O)CCCCCCCCCCCCCCCCC/C=C\CCCCCCCCCC)COP(=O)([O-])OCC[N+](C)(C)C. The molecule has 0 aromatic carbocycles. The van der Waals surface area contributed by atoms with Gasteiger partial charge in [0.1, 0.15) is 19.8 Å². The van der Waals surface area contributed by atoms with E-state index in [-0.39, 0.29) is 32.0 Å². The normalized spacial score (nSPS) is 13.6. The summed E-state index contributed by atoms with van der Waals surface area (Å²) in [5.74, 6) is -0.840. The molecule has 394 valence electrons. The number of rotatable bonds is 52. The molecule has 0 N–H and O–H groups in total. The number of unbranched alkanes of at least 4 members (excludes halogenated alkanes) is 32. The molecule has 0 aliphatic rings. The average molecular weight is 966 g/mol. The van der Waals surface area contributed by atoms with Gasteiger partial charge >= 0.3 is 11.9 Å². The predicted molar refractivity (Wildman–Crippen MR) is 282 cm³/mol. The Labute approximate surface area is 414 Å². The van der Waals surface area contributed by atoms with Crippen LogP contribution in [0.4, 0.5) is 0 Å². The Bertz CT molecular complexity index is 1230. The predicted octanol–water partition coefficient (Wildman–Crippen LogP) is 16.6. The van der Waals surface area contributed by atoms with Crippen LogP contribution in [0.15, 0.2) is 36.5 Å². The summed E-state index contributed by atoms with van der Waals surface area (Å²) in [7, 11) is 1.16. The van der Waals surface area contributed by atoms with Crippen molar-refractivity contribution in [1.29, 1.82) is 0 Å². The Morgan fingerprint density at radius 3 is 1.21 bits per heavy atom. The first-order chi connectivity index (χ1) is 32.5. The summed E-state index contributed by atoms with van der Waals surface area (Å²) < 4.78 is 34.1. The molecular formula is C57H108NO8P. The molecule has 0 saturated heterocycles. The van der Waals surface area contributed by atoms with Gasteiger partial charge in [-0.2, -0.15) is 0 Å². The smallest absolute Gasteiger partial charge is 0.306 e. The third-order valence-corrected chi connectivity index (χ3v) is 13.3. The van der Waals surface area contributed by atoms with Crippen LogP contribution in [0.5, 0.6) is 0 Å². The summed E-state index contributed by atoms with van der Waals surface area (Å²) in [6.07, 6.45) is 59.1. The van der Waals surface area contributed by atoms with Crippen LogP contribution in [0.2, 0.25) is 0 Å². The number of ether oxygens (including phenoxy) is 2. The Kier molecular flexibility index (Phi) is 47.9. The number of quaternary nitrogens is 1. The van der Waals surface area contributed by atoms with Gasteiger partial charge in [0.2, 0.25) is 0 Å². The van der Waals surface area contributed by atoms with Crippen LogP contribution in [-0.4, -0.2) is 70.0 Å². The highest BCUT2D eigenvalue weighted by Gasteiger charge is 2.21. The van der Waals surface area contributed by atoms with Crippen LogP contribution in [0.3, 0.4) is 0 Å². The van der Waals surface area contributed by atoms with Crippen LogP contribution in [-0.2, 0) is 32.7 Å². The highest BCUT2D eigenvalue weighted by Crippen LogP contribution is 2.38. The summed E-state index contributed by atoms with van der Waals surface area (Å²) in [6, 6.07) is 0. The second-order valence-electron chi connectivity index (χ2n) is 20.3. The monoisotopic (exact) mass is 966 g/mol. The fraction of sp³-hybridized carbons (Fsp3) is 0.860. The van der Waals surface area contributed by atoms with Gasteiger partial charge in [-0.1, -0.05) is 217 Å². The minimum atomic E-state index is -4.63. The number of carbonyl (C=O) groups excluding carboxylic acids is 2. The molecule has 2 atom stereocenters. The molecular weight excluding hydrogens is 858 g/mol. The minimum Gasteiger partial charge on any atom is -0.756 e. The molecule has 0 bridgehead atoms. The van der Waals surface area contributed by atoms with Gasteiger partial charge in [0.15, 0.2) is 6.10 Å². The van der Waals surface area contributed by atoms with E-state index in [1.165, 1.54) is 173 Å². The molecule has 0 aromatic rings. The molecule has 10 heteroatoms. The molecule has 0 aliphatic carbocycles. The van der Waals surface area contributed by atoms with Crippen LogP contribution >= 0.6 is 7.82 Å². The maximum Gasteiger partial charge on any atom is 0.306 e. The van der Waals surface area contributed by atoms with Crippen LogP contribution < -0.4 is 4.89 Å².